The Balaban J connectivity index is 1.69. The number of benzene rings is 1. The molecule has 0 unspecified atom stereocenters. The monoisotopic (exact) mass is 302 g/mol. The van der Waals surface area contributed by atoms with Gasteiger partial charge in [-0.25, -0.2) is 0 Å². The van der Waals surface area contributed by atoms with Gasteiger partial charge in [0.2, 0.25) is 16.9 Å². The summed E-state index contributed by atoms with van der Waals surface area (Å²) in [5.74, 6) is -0.575. The van der Waals surface area contributed by atoms with Crippen LogP contribution in [0.4, 0.5) is 10.8 Å². The van der Waals surface area contributed by atoms with Gasteiger partial charge in [-0.15, -0.1) is 10.2 Å². The van der Waals surface area contributed by atoms with Crippen molar-refractivity contribution in [2.45, 2.75) is 13.3 Å². The predicted octanol–water partition coefficient (Wildman–Crippen LogP) is 1.84. The molecule has 7 heteroatoms. The Morgan fingerprint density at radius 2 is 2.14 bits per heavy atom. The second kappa shape index (κ2) is 5.61. The largest absolute Gasteiger partial charge is 0.312 e. The topological polar surface area (TPSA) is 75.2 Å². The maximum atomic E-state index is 12.1. The van der Waals surface area contributed by atoms with E-state index in [2.05, 4.69) is 15.5 Å². The highest BCUT2D eigenvalue weighted by Gasteiger charge is 2.35. The highest BCUT2D eigenvalue weighted by atomic mass is 32.1. The molecule has 0 bridgehead atoms. The van der Waals surface area contributed by atoms with Crippen LogP contribution in [0.2, 0.25) is 0 Å². The van der Waals surface area contributed by atoms with E-state index in [4.69, 9.17) is 0 Å². The molecule has 2 amide bonds. The van der Waals surface area contributed by atoms with Gasteiger partial charge in [0.25, 0.3) is 0 Å². The van der Waals surface area contributed by atoms with Crippen molar-refractivity contribution in [1.82, 2.24) is 10.2 Å². The molecule has 1 atom stereocenters. The maximum Gasteiger partial charge on any atom is 0.231 e. The smallest absolute Gasteiger partial charge is 0.231 e. The molecule has 1 saturated heterocycles. The van der Waals surface area contributed by atoms with Crippen molar-refractivity contribution in [3.8, 4) is 0 Å². The molecule has 0 saturated carbocycles. The lowest BCUT2D eigenvalue weighted by Crippen LogP contribution is -2.28. The normalized spacial score (nSPS) is 18.0. The number of amides is 2. The molecule has 3 rings (SSSR count). The number of rotatable bonds is 3. The van der Waals surface area contributed by atoms with Crippen LogP contribution in [0.15, 0.2) is 29.8 Å². The van der Waals surface area contributed by atoms with Gasteiger partial charge in [0.05, 0.1) is 5.92 Å². The number of nitrogens with one attached hydrogen (secondary N) is 1. The first-order valence-electron chi connectivity index (χ1n) is 6.57. The minimum atomic E-state index is -0.359. The summed E-state index contributed by atoms with van der Waals surface area (Å²) >= 11 is 1.26. The summed E-state index contributed by atoms with van der Waals surface area (Å²) in [5, 5.41) is 10.6. The van der Waals surface area contributed by atoms with Gasteiger partial charge < -0.3 is 10.2 Å². The van der Waals surface area contributed by atoms with Gasteiger partial charge in [0.15, 0.2) is 0 Å². The Morgan fingerprint density at radius 3 is 2.81 bits per heavy atom. The maximum absolute atomic E-state index is 12.1. The highest BCUT2D eigenvalue weighted by molar-refractivity contribution is 7.13. The number of hydrogen-bond donors (Lipinski definition) is 1. The second-order valence-corrected chi connectivity index (χ2v) is 5.81. The summed E-state index contributed by atoms with van der Waals surface area (Å²) < 4.78 is 0. The number of aromatic nitrogens is 2. The molecule has 2 aromatic rings. The van der Waals surface area contributed by atoms with Crippen molar-refractivity contribution >= 4 is 34.0 Å². The molecule has 1 fully saturated rings. The van der Waals surface area contributed by atoms with Crippen molar-refractivity contribution in [2.75, 3.05) is 16.8 Å². The van der Waals surface area contributed by atoms with Gasteiger partial charge >= 0.3 is 0 Å². The third kappa shape index (κ3) is 2.92. The fraction of sp³-hybridized carbons (Fsp3) is 0.286. The minimum Gasteiger partial charge on any atom is -0.312 e. The zero-order chi connectivity index (χ0) is 14.8. The minimum absolute atomic E-state index is 0.0312. The predicted molar refractivity (Wildman–Crippen MR) is 80.2 cm³/mol. The molecule has 1 aromatic carbocycles. The molecule has 108 valence electrons. The van der Waals surface area contributed by atoms with Crippen LogP contribution in [0.25, 0.3) is 0 Å². The molecule has 6 nitrogen and oxygen atoms in total. The van der Waals surface area contributed by atoms with Crippen LogP contribution in [0.1, 0.15) is 12.0 Å². The standard InChI is InChI=1S/C14H14N4O2S/c1-9-2-4-11(5-3-9)18-7-10(6-12(18)19)13(20)16-14-17-15-8-21-14/h2-5,8,10H,6-7H2,1H3,(H,16,17,20)/t10-/m1/s1. The van der Waals surface area contributed by atoms with Crippen molar-refractivity contribution in [3.05, 3.63) is 35.3 Å². The quantitative estimate of drug-likeness (QED) is 0.938. The SMILES string of the molecule is Cc1ccc(N2C[C@H](C(=O)Nc3nncs3)CC2=O)cc1. The molecular formula is C14H14N4O2S. The average Bonchev–Trinajstić information content (AvgIpc) is 3.09. The lowest BCUT2D eigenvalue weighted by Gasteiger charge is -2.16. The van der Waals surface area contributed by atoms with Gasteiger partial charge in [-0.2, -0.15) is 0 Å². The summed E-state index contributed by atoms with van der Waals surface area (Å²) in [6.45, 7) is 2.39. The van der Waals surface area contributed by atoms with E-state index in [1.54, 1.807) is 10.4 Å². The first-order valence-corrected chi connectivity index (χ1v) is 7.45. The number of carbonyl (C=O) groups excluding carboxylic acids is 2. The van der Waals surface area contributed by atoms with E-state index in [1.165, 1.54) is 11.3 Å². The van der Waals surface area contributed by atoms with Gasteiger partial charge in [0.1, 0.15) is 5.51 Å². The number of anilines is 2. The van der Waals surface area contributed by atoms with Crippen molar-refractivity contribution < 1.29 is 9.59 Å². The van der Waals surface area contributed by atoms with E-state index in [9.17, 15) is 9.59 Å². The summed E-state index contributed by atoms with van der Waals surface area (Å²) in [5.41, 5.74) is 3.52. The van der Waals surface area contributed by atoms with Gasteiger partial charge in [-0.1, -0.05) is 29.0 Å². The molecular weight excluding hydrogens is 288 g/mol. The van der Waals surface area contributed by atoms with Gasteiger partial charge in [-0.05, 0) is 19.1 Å². The molecule has 1 N–H and O–H groups in total. The first-order chi connectivity index (χ1) is 10.1. The number of nitrogens with zero attached hydrogens (tertiary/aromatic N) is 3. The molecule has 1 aliphatic heterocycles. The molecule has 0 aliphatic carbocycles. The number of hydrogen-bond acceptors (Lipinski definition) is 5. The van der Waals surface area contributed by atoms with Crippen LogP contribution in [0.3, 0.4) is 0 Å². The van der Waals surface area contributed by atoms with E-state index in [1.807, 2.05) is 31.2 Å². The van der Waals surface area contributed by atoms with Crippen molar-refractivity contribution in [1.29, 1.82) is 0 Å². The summed E-state index contributed by atoms with van der Waals surface area (Å²) in [6, 6.07) is 7.71. The van der Waals surface area contributed by atoms with E-state index >= 15 is 0 Å². The van der Waals surface area contributed by atoms with E-state index in [-0.39, 0.29) is 24.2 Å². The van der Waals surface area contributed by atoms with E-state index in [0.717, 1.165) is 11.3 Å². The van der Waals surface area contributed by atoms with Crippen LogP contribution < -0.4 is 10.2 Å². The molecule has 2 heterocycles. The molecule has 0 spiro atoms. The Morgan fingerprint density at radius 1 is 1.38 bits per heavy atom. The Labute approximate surface area is 125 Å². The Kier molecular flexibility index (Phi) is 3.66. The number of aryl methyl sites for hydroxylation is 1. The summed E-state index contributed by atoms with van der Waals surface area (Å²) in [7, 11) is 0. The van der Waals surface area contributed by atoms with E-state index in [0.29, 0.717) is 11.7 Å². The average molecular weight is 302 g/mol. The van der Waals surface area contributed by atoms with Crippen LogP contribution in [0, 0.1) is 12.8 Å². The van der Waals surface area contributed by atoms with Gasteiger partial charge in [0, 0.05) is 18.7 Å². The summed E-state index contributed by atoms with van der Waals surface area (Å²) in [6.07, 6.45) is 0.221. The van der Waals surface area contributed by atoms with Crippen molar-refractivity contribution in [2.24, 2.45) is 5.92 Å². The molecule has 1 aliphatic rings. The molecule has 21 heavy (non-hydrogen) atoms. The van der Waals surface area contributed by atoms with Crippen LogP contribution >= 0.6 is 11.3 Å². The first kappa shape index (κ1) is 13.7. The fourth-order valence-corrected chi connectivity index (χ4v) is 2.74. The lowest BCUT2D eigenvalue weighted by molar-refractivity contribution is -0.122. The second-order valence-electron chi connectivity index (χ2n) is 4.97. The zero-order valence-electron chi connectivity index (χ0n) is 11.4. The Bertz CT molecular complexity index is 654. The summed E-state index contributed by atoms with van der Waals surface area (Å²) in [4.78, 5) is 25.9. The highest BCUT2D eigenvalue weighted by Crippen LogP contribution is 2.26. The van der Waals surface area contributed by atoms with Crippen molar-refractivity contribution in [3.63, 3.8) is 0 Å². The van der Waals surface area contributed by atoms with Gasteiger partial charge in [-0.3, -0.25) is 9.59 Å². The molecule has 1 aromatic heterocycles. The van der Waals surface area contributed by atoms with Crippen LogP contribution in [0.5, 0.6) is 0 Å². The van der Waals surface area contributed by atoms with Crippen LogP contribution in [-0.4, -0.2) is 28.6 Å². The Hall–Kier alpha value is -2.28. The third-order valence-electron chi connectivity index (χ3n) is 3.43. The lowest BCUT2D eigenvalue weighted by atomic mass is 10.1. The van der Waals surface area contributed by atoms with E-state index < -0.39 is 0 Å². The zero-order valence-corrected chi connectivity index (χ0v) is 12.3. The third-order valence-corrected chi connectivity index (χ3v) is 4.04. The van der Waals surface area contributed by atoms with Crippen LogP contribution in [-0.2, 0) is 9.59 Å². The molecule has 0 radical (unpaired) electrons. The number of carbonyl (C=O) groups is 2. The fourth-order valence-electron chi connectivity index (χ4n) is 2.29.